The third-order valence-corrected chi connectivity index (χ3v) is 9.91. The monoisotopic (exact) mass is 519 g/mol. The van der Waals surface area contributed by atoms with Gasteiger partial charge in [-0.1, -0.05) is 90.4 Å². The van der Waals surface area contributed by atoms with E-state index in [-0.39, 0.29) is 30.9 Å². The molecular formula is C25H51BNO5PS. The molecule has 2 radical (unpaired) electrons. The van der Waals surface area contributed by atoms with Crippen molar-refractivity contribution >= 4 is 26.0 Å². The molecule has 0 spiro atoms. The average molecular weight is 520 g/mol. The first-order valence-corrected chi connectivity index (χ1v) is 17.1. The SMILES string of the molecule is [B][C@H]1CC(N)[C@@H](COP(=O)(OCCCCCCCCCCCC(O)CCCCCCC)SC)O1. The number of rotatable bonds is 23. The maximum absolute atomic E-state index is 12.7. The third kappa shape index (κ3) is 16.2. The van der Waals surface area contributed by atoms with E-state index < -0.39 is 6.80 Å². The molecule has 1 rings (SSSR count). The summed E-state index contributed by atoms with van der Waals surface area (Å²) in [4.78, 5) is 0. The van der Waals surface area contributed by atoms with E-state index in [1.54, 1.807) is 6.26 Å². The summed E-state index contributed by atoms with van der Waals surface area (Å²) in [7, 11) is 5.73. The maximum Gasteiger partial charge on any atom is 0.388 e. The Balaban J connectivity index is 1.90. The van der Waals surface area contributed by atoms with Gasteiger partial charge in [0.25, 0.3) is 0 Å². The predicted molar refractivity (Wildman–Crippen MR) is 146 cm³/mol. The van der Waals surface area contributed by atoms with Crippen molar-refractivity contribution in [1.29, 1.82) is 0 Å². The second kappa shape index (κ2) is 20.5. The van der Waals surface area contributed by atoms with Crippen LogP contribution in [-0.4, -0.2) is 56.7 Å². The van der Waals surface area contributed by atoms with Gasteiger partial charge in [0.1, 0.15) is 7.85 Å². The van der Waals surface area contributed by atoms with Gasteiger partial charge in [0.15, 0.2) is 0 Å². The first-order chi connectivity index (χ1) is 16.4. The average Bonchev–Trinajstić information content (AvgIpc) is 3.15. The summed E-state index contributed by atoms with van der Waals surface area (Å²) in [6.07, 6.45) is 20.7. The summed E-state index contributed by atoms with van der Waals surface area (Å²) in [5.74, 6) is 0. The molecule has 0 aliphatic carbocycles. The lowest BCUT2D eigenvalue weighted by Crippen LogP contribution is -2.33. The summed E-state index contributed by atoms with van der Waals surface area (Å²) in [6.45, 7) is -0.355. The van der Waals surface area contributed by atoms with E-state index in [9.17, 15) is 9.67 Å². The molecule has 0 aromatic heterocycles. The first-order valence-electron chi connectivity index (χ1n) is 13.7. The number of aliphatic hydroxyl groups excluding tert-OH is 1. The predicted octanol–water partition coefficient (Wildman–Crippen LogP) is 6.72. The van der Waals surface area contributed by atoms with Crippen molar-refractivity contribution in [2.45, 2.75) is 140 Å². The molecule has 1 aliphatic heterocycles. The van der Waals surface area contributed by atoms with E-state index in [0.717, 1.165) is 43.5 Å². The Kier molecular flexibility index (Phi) is 19.6. The fourth-order valence-corrected chi connectivity index (χ4v) is 6.30. The summed E-state index contributed by atoms with van der Waals surface area (Å²) < 4.78 is 29.3. The van der Waals surface area contributed by atoms with E-state index in [0.29, 0.717) is 13.0 Å². The minimum absolute atomic E-state index is 0.0948. The molecule has 5 atom stereocenters. The molecule has 0 bridgehead atoms. The Morgan fingerprint density at radius 2 is 1.50 bits per heavy atom. The summed E-state index contributed by atoms with van der Waals surface area (Å²) >= 11 is 1.11. The van der Waals surface area contributed by atoms with Crippen LogP contribution in [0.2, 0.25) is 0 Å². The van der Waals surface area contributed by atoms with Crippen LogP contribution >= 0.6 is 18.2 Å². The van der Waals surface area contributed by atoms with E-state index in [2.05, 4.69) is 6.92 Å². The largest absolute Gasteiger partial charge is 0.393 e. The molecule has 0 amide bonds. The second-order valence-corrected chi connectivity index (χ2v) is 13.9. The highest BCUT2D eigenvalue weighted by Gasteiger charge is 2.33. The zero-order valence-electron chi connectivity index (χ0n) is 21.8. The van der Waals surface area contributed by atoms with Crippen LogP contribution in [0.3, 0.4) is 0 Å². The van der Waals surface area contributed by atoms with Crippen molar-refractivity contribution in [3.8, 4) is 0 Å². The van der Waals surface area contributed by atoms with Gasteiger partial charge in [-0.05, 0) is 43.3 Å². The molecule has 34 heavy (non-hydrogen) atoms. The van der Waals surface area contributed by atoms with Crippen molar-refractivity contribution < 1.29 is 23.5 Å². The third-order valence-electron chi connectivity index (χ3n) is 6.52. The Hall–Kier alpha value is 0.445. The van der Waals surface area contributed by atoms with Gasteiger partial charge in [0, 0.05) is 12.0 Å². The first kappa shape index (κ1) is 32.5. The molecule has 0 saturated carbocycles. The lowest BCUT2D eigenvalue weighted by atomic mass is 9.95. The maximum atomic E-state index is 12.7. The number of nitrogens with two attached hydrogens (primary N) is 1. The molecule has 1 fully saturated rings. The summed E-state index contributed by atoms with van der Waals surface area (Å²) in [5.41, 5.74) is 5.96. The van der Waals surface area contributed by atoms with E-state index in [4.69, 9.17) is 27.4 Å². The highest BCUT2D eigenvalue weighted by atomic mass is 32.7. The highest BCUT2D eigenvalue weighted by molar-refractivity contribution is 8.54. The van der Waals surface area contributed by atoms with Crippen molar-refractivity contribution in [3.05, 3.63) is 0 Å². The van der Waals surface area contributed by atoms with E-state index in [1.165, 1.54) is 70.6 Å². The fourth-order valence-electron chi connectivity index (χ4n) is 4.29. The Labute approximate surface area is 214 Å². The van der Waals surface area contributed by atoms with Gasteiger partial charge in [0.05, 0.1) is 25.4 Å². The van der Waals surface area contributed by atoms with Gasteiger partial charge in [-0.3, -0.25) is 4.52 Å². The Bertz CT molecular complexity index is 534. The number of aliphatic hydroxyl groups is 1. The number of ether oxygens (including phenoxy) is 1. The fraction of sp³-hybridized carbons (Fsp3) is 1.00. The minimum Gasteiger partial charge on any atom is -0.393 e. The summed E-state index contributed by atoms with van der Waals surface area (Å²) in [6, 6.07) is -0.567. The molecular weight excluding hydrogens is 468 g/mol. The zero-order valence-corrected chi connectivity index (χ0v) is 23.5. The molecule has 0 aromatic rings. The van der Waals surface area contributed by atoms with Crippen molar-refractivity contribution in [1.82, 2.24) is 0 Å². The highest BCUT2D eigenvalue weighted by Crippen LogP contribution is 2.59. The van der Waals surface area contributed by atoms with Crippen LogP contribution in [0, 0.1) is 0 Å². The minimum atomic E-state index is -3.17. The van der Waals surface area contributed by atoms with Crippen LogP contribution in [0.1, 0.15) is 116 Å². The van der Waals surface area contributed by atoms with Crippen LogP contribution in [0.15, 0.2) is 0 Å². The molecule has 1 aliphatic rings. The number of hydrogen-bond acceptors (Lipinski definition) is 7. The van der Waals surface area contributed by atoms with Gasteiger partial charge < -0.3 is 20.1 Å². The normalized spacial score (nSPS) is 23.2. The molecule has 6 nitrogen and oxygen atoms in total. The molecule has 1 heterocycles. The van der Waals surface area contributed by atoms with Crippen molar-refractivity contribution in [2.75, 3.05) is 19.5 Å². The summed E-state index contributed by atoms with van der Waals surface area (Å²) in [5, 5.41) is 10.1. The van der Waals surface area contributed by atoms with Gasteiger partial charge in [-0.2, -0.15) is 0 Å². The lowest BCUT2D eigenvalue weighted by molar-refractivity contribution is 0.0415. The van der Waals surface area contributed by atoms with Crippen molar-refractivity contribution in [3.63, 3.8) is 0 Å². The van der Waals surface area contributed by atoms with Gasteiger partial charge in [-0.15, -0.1) is 0 Å². The van der Waals surface area contributed by atoms with Gasteiger partial charge >= 0.3 is 6.80 Å². The van der Waals surface area contributed by atoms with Gasteiger partial charge in [-0.25, -0.2) is 4.57 Å². The zero-order chi connectivity index (χ0) is 25.1. The number of hydrogen-bond donors (Lipinski definition) is 2. The van der Waals surface area contributed by atoms with Crippen LogP contribution < -0.4 is 5.73 Å². The van der Waals surface area contributed by atoms with Crippen molar-refractivity contribution in [2.24, 2.45) is 5.73 Å². The topological polar surface area (TPSA) is 91.0 Å². The van der Waals surface area contributed by atoms with E-state index >= 15 is 0 Å². The lowest BCUT2D eigenvalue weighted by Gasteiger charge is -2.20. The molecule has 0 aromatic carbocycles. The van der Waals surface area contributed by atoms with Crippen LogP contribution in [0.25, 0.3) is 0 Å². The Morgan fingerprint density at radius 1 is 0.971 bits per heavy atom. The Morgan fingerprint density at radius 3 is 2.00 bits per heavy atom. The molecule has 1 saturated heterocycles. The molecule has 3 N–H and O–H groups in total. The number of unbranched alkanes of at least 4 members (excludes halogenated alkanes) is 12. The second-order valence-electron chi connectivity index (χ2n) is 9.70. The van der Waals surface area contributed by atoms with Gasteiger partial charge in [0.2, 0.25) is 0 Å². The molecule has 200 valence electrons. The van der Waals surface area contributed by atoms with Crippen LogP contribution in [-0.2, 0) is 18.3 Å². The van der Waals surface area contributed by atoms with Crippen LogP contribution in [0.4, 0.5) is 0 Å². The quantitative estimate of drug-likeness (QED) is 0.0879. The van der Waals surface area contributed by atoms with Crippen LogP contribution in [0.5, 0.6) is 0 Å². The standard InChI is InChI=1S/C25H51BNO5PS/c1-3-4-5-11-14-17-22(28)18-15-12-9-7-6-8-10-13-16-19-30-33(29,34-2)31-21-24-23(27)20-25(26)32-24/h22-25,28H,3-21,27H2,1-2H3/t22?,23?,24-,25-,33?/m1/s1. The molecule has 3 unspecified atom stereocenters. The van der Waals surface area contributed by atoms with E-state index in [1.807, 2.05) is 0 Å². The smallest absolute Gasteiger partial charge is 0.388 e. The molecule has 9 heteroatoms.